The number of hydrogen-bond acceptors (Lipinski definition) is 12. The Balaban J connectivity index is 0. The second-order valence-corrected chi connectivity index (χ2v) is 9.62. The minimum atomic E-state index is -1.47. The normalized spacial score (nSPS) is 10.5. The van der Waals surface area contributed by atoms with Crippen molar-refractivity contribution in [1.82, 2.24) is 9.80 Å². The van der Waals surface area contributed by atoms with Gasteiger partial charge >= 0.3 is 30.0 Å². The summed E-state index contributed by atoms with van der Waals surface area (Å²) in [5.41, 5.74) is 0.271. The lowest BCUT2D eigenvalue weighted by atomic mass is 10.2. The van der Waals surface area contributed by atoms with Crippen LogP contribution in [0.25, 0.3) is 0 Å². The summed E-state index contributed by atoms with van der Waals surface area (Å²) in [4.78, 5) is 61.9. The number of esters is 4. The molecule has 1 N–H and O–H groups in total. The molecular weight excluding hydrogens is 564 g/mol. The van der Waals surface area contributed by atoms with Gasteiger partial charge in [-0.05, 0) is 68.0 Å². The van der Waals surface area contributed by atoms with Crippen LogP contribution in [-0.2, 0) is 49.4 Å². The van der Waals surface area contributed by atoms with Crippen LogP contribution in [0, 0.1) is 0 Å². The fraction of sp³-hybridized carbons (Fsp3) is 0.633. The van der Waals surface area contributed by atoms with Crippen LogP contribution in [0.2, 0.25) is 0 Å². The van der Waals surface area contributed by atoms with E-state index in [0.29, 0.717) is 6.54 Å². The predicted molar refractivity (Wildman–Crippen MR) is 159 cm³/mol. The molecule has 1 amide bonds. The minimum Gasteiger partial charge on any atom is -0.464 e. The maximum Gasteiger partial charge on any atom is 0.411 e. The number of hydrogen-bond donors (Lipinski definition) is 1. The standard InChI is InChI=1S/C15H21NO4.C13H23NO6.C2H6O/c1-4-19-14(17)13(15(18)20-5-2)16(3)11-12-9-7-6-8-10-12;1-7-18-10(15)9(11(16)19-8-2)14(6)12(17)20-13(3,4)5;1-2-3/h6-10,13H,4-5,11H2,1-3H3;9H,7-8H2,1-6H3;3H,2H2,1H3. The van der Waals surface area contributed by atoms with E-state index >= 15 is 0 Å². The van der Waals surface area contributed by atoms with Crippen LogP contribution in [0.15, 0.2) is 30.3 Å². The number of likely N-dealkylation sites (N-methyl/N-ethyl adjacent to an activating group) is 2. The first-order valence-corrected chi connectivity index (χ1v) is 14.1. The van der Waals surface area contributed by atoms with Gasteiger partial charge in [0.15, 0.2) is 0 Å². The lowest BCUT2D eigenvalue weighted by Gasteiger charge is -2.28. The van der Waals surface area contributed by atoms with E-state index in [1.165, 1.54) is 7.05 Å². The maximum absolute atomic E-state index is 11.9. The number of aliphatic hydroxyl groups is 1. The van der Waals surface area contributed by atoms with E-state index in [1.54, 1.807) is 67.3 Å². The molecule has 0 radical (unpaired) electrons. The van der Waals surface area contributed by atoms with Crippen molar-refractivity contribution in [3.8, 4) is 0 Å². The Kier molecular flexibility index (Phi) is 22.0. The van der Waals surface area contributed by atoms with Gasteiger partial charge in [0, 0.05) is 20.2 Å². The molecule has 0 heterocycles. The van der Waals surface area contributed by atoms with Gasteiger partial charge in [0.1, 0.15) is 5.60 Å². The summed E-state index contributed by atoms with van der Waals surface area (Å²) in [6.07, 6.45) is -0.802. The molecule has 0 atom stereocenters. The largest absolute Gasteiger partial charge is 0.464 e. The molecule has 0 fully saturated rings. The number of aliphatic hydroxyl groups excluding tert-OH is 1. The van der Waals surface area contributed by atoms with Gasteiger partial charge in [0.2, 0.25) is 12.1 Å². The second-order valence-electron chi connectivity index (χ2n) is 9.62. The van der Waals surface area contributed by atoms with Gasteiger partial charge in [-0.3, -0.25) is 9.80 Å². The maximum atomic E-state index is 11.9. The highest BCUT2D eigenvalue weighted by Gasteiger charge is 2.38. The number of benzene rings is 1. The van der Waals surface area contributed by atoms with E-state index in [4.69, 9.17) is 28.8 Å². The fourth-order valence-corrected chi connectivity index (χ4v) is 3.16. The van der Waals surface area contributed by atoms with Crippen molar-refractivity contribution in [2.75, 3.05) is 47.1 Å². The van der Waals surface area contributed by atoms with Crippen LogP contribution in [0.5, 0.6) is 0 Å². The van der Waals surface area contributed by atoms with Crippen molar-refractivity contribution in [3.05, 3.63) is 35.9 Å². The Morgan fingerprint density at radius 2 is 1.05 bits per heavy atom. The first kappa shape index (κ1) is 41.4. The molecule has 0 saturated carbocycles. The summed E-state index contributed by atoms with van der Waals surface area (Å²) in [5, 5.41) is 7.57. The van der Waals surface area contributed by atoms with Crippen LogP contribution < -0.4 is 0 Å². The summed E-state index contributed by atoms with van der Waals surface area (Å²) in [5.74, 6) is -2.85. The highest BCUT2D eigenvalue weighted by molar-refractivity contribution is 6.01. The molecule has 0 bridgehead atoms. The Labute approximate surface area is 255 Å². The van der Waals surface area contributed by atoms with Crippen molar-refractivity contribution >= 4 is 30.0 Å². The second kappa shape index (κ2) is 22.8. The Hall–Kier alpha value is -3.71. The van der Waals surface area contributed by atoms with Crippen LogP contribution in [0.1, 0.15) is 61.0 Å². The summed E-state index contributed by atoms with van der Waals surface area (Å²) < 4.78 is 24.6. The lowest BCUT2D eigenvalue weighted by Crippen LogP contribution is -2.50. The SMILES string of the molecule is CCO.CCOC(=O)C(C(=O)OCC)N(C)C(=O)OC(C)(C)C.CCOC(=O)C(C(=O)OCC)N(C)Cc1ccccc1. The van der Waals surface area contributed by atoms with Crippen molar-refractivity contribution in [2.24, 2.45) is 0 Å². The molecule has 0 saturated heterocycles. The average molecular weight is 615 g/mol. The molecule has 0 aliphatic rings. The number of rotatable bonds is 12. The topological polar surface area (TPSA) is 158 Å². The first-order chi connectivity index (χ1) is 20.1. The number of carbonyl (C=O) groups excluding carboxylic acids is 5. The highest BCUT2D eigenvalue weighted by atomic mass is 16.6. The Bertz CT molecular complexity index is 929. The van der Waals surface area contributed by atoms with E-state index in [1.807, 2.05) is 30.3 Å². The summed E-state index contributed by atoms with van der Waals surface area (Å²) in [6, 6.07) is 7.10. The van der Waals surface area contributed by atoms with Gasteiger partial charge < -0.3 is 28.8 Å². The van der Waals surface area contributed by atoms with Gasteiger partial charge in [0.25, 0.3) is 0 Å². The van der Waals surface area contributed by atoms with Crippen LogP contribution in [0.3, 0.4) is 0 Å². The molecule has 1 aromatic rings. The Morgan fingerprint density at radius 1 is 0.698 bits per heavy atom. The summed E-state index contributed by atoms with van der Waals surface area (Å²) >= 11 is 0. The summed E-state index contributed by atoms with van der Waals surface area (Å²) in [6.45, 7) is 14.7. The molecule has 246 valence electrons. The molecule has 0 aromatic heterocycles. The van der Waals surface area contributed by atoms with E-state index in [2.05, 4.69) is 0 Å². The van der Waals surface area contributed by atoms with Crippen LogP contribution in [-0.4, -0.2) is 110 Å². The zero-order valence-corrected chi connectivity index (χ0v) is 27.2. The molecule has 0 aliphatic heterocycles. The summed E-state index contributed by atoms with van der Waals surface area (Å²) in [7, 11) is 2.98. The van der Waals surface area contributed by atoms with Crippen molar-refractivity contribution in [1.29, 1.82) is 0 Å². The third kappa shape index (κ3) is 17.8. The number of carbonyl (C=O) groups is 5. The quantitative estimate of drug-likeness (QED) is 0.209. The zero-order valence-electron chi connectivity index (χ0n) is 27.2. The van der Waals surface area contributed by atoms with E-state index in [0.717, 1.165) is 10.5 Å². The van der Waals surface area contributed by atoms with Gasteiger partial charge in [-0.2, -0.15) is 0 Å². The van der Waals surface area contributed by atoms with Gasteiger partial charge in [-0.25, -0.2) is 24.0 Å². The van der Waals surface area contributed by atoms with Crippen molar-refractivity contribution < 1.29 is 52.8 Å². The molecule has 1 aromatic carbocycles. The van der Waals surface area contributed by atoms with E-state index in [-0.39, 0.29) is 33.0 Å². The Morgan fingerprint density at radius 3 is 1.37 bits per heavy atom. The fourth-order valence-electron chi connectivity index (χ4n) is 3.16. The van der Waals surface area contributed by atoms with Gasteiger partial charge in [-0.15, -0.1) is 0 Å². The third-order valence-corrected chi connectivity index (χ3v) is 4.82. The molecule has 1 rings (SSSR count). The molecule has 0 unspecified atom stereocenters. The van der Waals surface area contributed by atoms with E-state index < -0.39 is 47.7 Å². The molecule has 13 heteroatoms. The molecule has 43 heavy (non-hydrogen) atoms. The van der Waals surface area contributed by atoms with Gasteiger partial charge in [0.05, 0.1) is 26.4 Å². The lowest BCUT2D eigenvalue weighted by molar-refractivity contribution is -0.164. The van der Waals surface area contributed by atoms with Gasteiger partial charge in [-0.1, -0.05) is 30.3 Å². The smallest absolute Gasteiger partial charge is 0.411 e. The first-order valence-electron chi connectivity index (χ1n) is 14.1. The average Bonchev–Trinajstić information content (AvgIpc) is 2.90. The molecule has 0 aliphatic carbocycles. The van der Waals surface area contributed by atoms with Crippen LogP contribution >= 0.6 is 0 Å². The van der Waals surface area contributed by atoms with Crippen molar-refractivity contribution in [2.45, 2.75) is 79.6 Å². The number of nitrogens with zero attached hydrogens (tertiary/aromatic N) is 2. The molecule has 13 nitrogen and oxygen atoms in total. The number of amides is 1. The molecular formula is C30H50N2O11. The molecule has 0 spiro atoms. The monoisotopic (exact) mass is 614 g/mol. The predicted octanol–water partition coefficient (Wildman–Crippen LogP) is 2.96. The third-order valence-electron chi connectivity index (χ3n) is 4.82. The zero-order chi connectivity index (χ0) is 33.6. The highest BCUT2D eigenvalue weighted by Crippen LogP contribution is 2.13. The van der Waals surface area contributed by atoms with Crippen LogP contribution in [0.4, 0.5) is 4.79 Å². The number of ether oxygens (including phenoxy) is 5. The van der Waals surface area contributed by atoms with Crippen molar-refractivity contribution in [3.63, 3.8) is 0 Å². The van der Waals surface area contributed by atoms with E-state index in [9.17, 15) is 24.0 Å². The minimum absolute atomic E-state index is 0.0941.